The van der Waals surface area contributed by atoms with Crippen molar-refractivity contribution in [3.8, 4) is 5.75 Å². The number of hydrogen-bond acceptors (Lipinski definition) is 6. The Morgan fingerprint density at radius 1 is 1.06 bits per heavy atom. The fraction of sp³-hybridized carbons (Fsp3) is 0.640. The molecule has 184 valence electrons. The van der Waals surface area contributed by atoms with Crippen LogP contribution in [0.2, 0.25) is 0 Å². The molecule has 4 aliphatic heterocycles. The summed E-state index contributed by atoms with van der Waals surface area (Å²) in [6.45, 7) is 7.69. The molecule has 0 saturated carbocycles. The standard InChI is InChI=1S/C25H35N5O4/c1-34-21-3-2-19(14-20(21)30-9-4-22(31)27-24(30)33)23(32)29-12-7-25(8-13-29)5-10-28(11-6-25)17-18-15-26-16-18/h2-3,14,18,26H,4-13,15-17H2,1H3,(H,27,31,33). The third-order valence-electron chi connectivity index (χ3n) is 8.18. The second-order valence-corrected chi connectivity index (χ2v) is 10.3. The number of piperidine rings is 2. The number of ether oxygens (including phenoxy) is 1. The van der Waals surface area contributed by atoms with Crippen molar-refractivity contribution in [2.24, 2.45) is 11.3 Å². The van der Waals surface area contributed by atoms with Crippen LogP contribution in [-0.2, 0) is 4.79 Å². The van der Waals surface area contributed by atoms with Crippen LogP contribution in [0.25, 0.3) is 0 Å². The largest absolute Gasteiger partial charge is 0.495 e. The Kier molecular flexibility index (Phi) is 6.48. The number of nitrogens with one attached hydrogen (secondary N) is 2. The van der Waals surface area contributed by atoms with Gasteiger partial charge in [0.2, 0.25) is 5.91 Å². The van der Waals surface area contributed by atoms with E-state index < -0.39 is 6.03 Å². The van der Waals surface area contributed by atoms with E-state index in [1.54, 1.807) is 18.2 Å². The molecule has 0 unspecified atom stereocenters. The predicted molar refractivity (Wildman–Crippen MR) is 128 cm³/mol. The summed E-state index contributed by atoms with van der Waals surface area (Å²) in [6, 6.07) is 4.72. The summed E-state index contributed by atoms with van der Waals surface area (Å²) in [4.78, 5) is 43.3. The smallest absolute Gasteiger partial charge is 0.328 e. The van der Waals surface area contributed by atoms with E-state index in [0.29, 0.717) is 22.4 Å². The van der Waals surface area contributed by atoms with Gasteiger partial charge in [-0.15, -0.1) is 0 Å². The lowest BCUT2D eigenvalue weighted by Crippen LogP contribution is -2.52. The molecule has 1 aromatic carbocycles. The number of benzene rings is 1. The molecule has 9 heteroatoms. The number of imide groups is 1. The van der Waals surface area contributed by atoms with E-state index in [4.69, 9.17) is 4.74 Å². The van der Waals surface area contributed by atoms with Gasteiger partial charge in [-0.2, -0.15) is 0 Å². The highest BCUT2D eigenvalue weighted by Crippen LogP contribution is 2.42. The lowest BCUT2D eigenvalue weighted by Gasteiger charge is -2.47. The predicted octanol–water partition coefficient (Wildman–Crippen LogP) is 1.68. The molecule has 5 rings (SSSR count). The van der Waals surface area contributed by atoms with Crippen LogP contribution in [0.3, 0.4) is 0 Å². The number of likely N-dealkylation sites (tertiary alicyclic amines) is 2. The minimum Gasteiger partial charge on any atom is -0.495 e. The minimum atomic E-state index is -0.487. The third kappa shape index (κ3) is 4.63. The molecule has 2 N–H and O–H groups in total. The fourth-order valence-electron chi connectivity index (χ4n) is 5.75. The van der Waals surface area contributed by atoms with Gasteiger partial charge in [0, 0.05) is 51.3 Å². The Bertz CT molecular complexity index is 945. The van der Waals surface area contributed by atoms with Crippen molar-refractivity contribution < 1.29 is 19.1 Å². The molecule has 0 radical (unpaired) electrons. The summed E-state index contributed by atoms with van der Waals surface area (Å²) in [5.41, 5.74) is 1.43. The van der Waals surface area contributed by atoms with Crippen LogP contribution < -0.4 is 20.3 Å². The van der Waals surface area contributed by atoms with Crippen molar-refractivity contribution in [3.05, 3.63) is 23.8 Å². The summed E-state index contributed by atoms with van der Waals surface area (Å²) in [5, 5.41) is 5.70. The van der Waals surface area contributed by atoms with Gasteiger partial charge in [0.1, 0.15) is 5.75 Å². The van der Waals surface area contributed by atoms with E-state index in [1.165, 1.54) is 44.5 Å². The normalized spacial score (nSPS) is 23.6. The average Bonchev–Trinajstić information content (AvgIpc) is 2.82. The molecule has 0 aromatic heterocycles. The first kappa shape index (κ1) is 23.1. The Balaban J connectivity index is 1.21. The highest BCUT2D eigenvalue weighted by atomic mass is 16.5. The van der Waals surface area contributed by atoms with Gasteiger partial charge in [0.15, 0.2) is 0 Å². The highest BCUT2D eigenvalue weighted by molar-refractivity contribution is 6.07. The second-order valence-electron chi connectivity index (χ2n) is 10.3. The van der Waals surface area contributed by atoms with Gasteiger partial charge in [0.05, 0.1) is 12.8 Å². The highest BCUT2D eigenvalue weighted by Gasteiger charge is 2.39. The van der Waals surface area contributed by atoms with Gasteiger partial charge in [-0.3, -0.25) is 19.8 Å². The van der Waals surface area contributed by atoms with Crippen molar-refractivity contribution in [1.82, 2.24) is 20.4 Å². The van der Waals surface area contributed by atoms with Crippen LogP contribution in [-0.4, -0.2) is 87.1 Å². The summed E-state index contributed by atoms with van der Waals surface area (Å²) in [5.74, 6) is 1.02. The molecule has 1 aromatic rings. The van der Waals surface area contributed by atoms with Crippen LogP contribution in [0, 0.1) is 11.3 Å². The number of rotatable bonds is 5. The molecule has 0 aliphatic carbocycles. The van der Waals surface area contributed by atoms with E-state index in [1.807, 2.05) is 4.90 Å². The van der Waals surface area contributed by atoms with Crippen molar-refractivity contribution in [2.45, 2.75) is 32.1 Å². The molecule has 1 spiro atoms. The lowest BCUT2D eigenvalue weighted by molar-refractivity contribution is -0.120. The molecular formula is C25H35N5O4. The molecule has 4 amide bonds. The van der Waals surface area contributed by atoms with Gasteiger partial charge in [-0.05, 0) is 68.3 Å². The number of anilines is 1. The first-order valence-corrected chi connectivity index (χ1v) is 12.5. The van der Waals surface area contributed by atoms with Crippen LogP contribution >= 0.6 is 0 Å². The van der Waals surface area contributed by atoms with Crippen molar-refractivity contribution in [1.29, 1.82) is 0 Å². The zero-order valence-electron chi connectivity index (χ0n) is 20.0. The monoisotopic (exact) mass is 469 g/mol. The van der Waals surface area contributed by atoms with Gasteiger partial charge >= 0.3 is 6.03 Å². The number of methoxy groups -OCH3 is 1. The van der Waals surface area contributed by atoms with E-state index in [0.717, 1.165) is 44.9 Å². The maximum atomic E-state index is 13.3. The van der Waals surface area contributed by atoms with Crippen LogP contribution in [0.1, 0.15) is 42.5 Å². The maximum absolute atomic E-state index is 13.3. The van der Waals surface area contributed by atoms with Crippen LogP contribution in [0.5, 0.6) is 5.75 Å². The van der Waals surface area contributed by atoms with Gasteiger partial charge < -0.3 is 19.9 Å². The molecule has 4 heterocycles. The quantitative estimate of drug-likeness (QED) is 0.682. The topological polar surface area (TPSA) is 94.2 Å². The summed E-state index contributed by atoms with van der Waals surface area (Å²) < 4.78 is 5.43. The zero-order chi connectivity index (χ0) is 23.7. The average molecular weight is 470 g/mol. The first-order chi connectivity index (χ1) is 16.5. The number of carbonyl (C=O) groups is 3. The fourth-order valence-corrected chi connectivity index (χ4v) is 5.75. The van der Waals surface area contributed by atoms with Gasteiger partial charge in [-0.1, -0.05) is 0 Å². The zero-order valence-corrected chi connectivity index (χ0v) is 20.0. The Hall–Kier alpha value is -2.65. The molecule has 9 nitrogen and oxygen atoms in total. The number of carbonyl (C=O) groups excluding carboxylic acids is 3. The lowest BCUT2D eigenvalue weighted by atomic mass is 9.71. The van der Waals surface area contributed by atoms with E-state index >= 15 is 0 Å². The maximum Gasteiger partial charge on any atom is 0.328 e. The first-order valence-electron chi connectivity index (χ1n) is 12.5. The number of nitrogens with zero attached hydrogens (tertiary/aromatic N) is 3. The summed E-state index contributed by atoms with van der Waals surface area (Å²) >= 11 is 0. The van der Waals surface area contributed by atoms with Crippen LogP contribution in [0.4, 0.5) is 10.5 Å². The van der Waals surface area contributed by atoms with E-state index in [-0.39, 0.29) is 24.8 Å². The third-order valence-corrected chi connectivity index (χ3v) is 8.18. The summed E-state index contributed by atoms with van der Waals surface area (Å²) in [7, 11) is 1.53. The Morgan fingerprint density at radius 2 is 1.76 bits per heavy atom. The number of hydrogen-bond donors (Lipinski definition) is 2. The molecule has 34 heavy (non-hydrogen) atoms. The second kappa shape index (κ2) is 9.54. The molecule has 4 aliphatic rings. The SMILES string of the molecule is COc1ccc(C(=O)N2CCC3(CCN(CC4CNC4)CC3)CC2)cc1N1CCC(=O)NC1=O. The van der Waals surface area contributed by atoms with Crippen molar-refractivity contribution in [3.63, 3.8) is 0 Å². The van der Waals surface area contributed by atoms with E-state index in [2.05, 4.69) is 15.5 Å². The minimum absolute atomic E-state index is 0.0119. The number of urea groups is 1. The molecule has 4 fully saturated rings. The van der Waals surface area contributed by atoms with Crippen LogP contribution in [0.15, 0.2) is 18.2 Å². The Morgan fingerprint density at radius 3 is 2.38 bits per heavy atom. The van der Waals surface area contributed by atoms with Crippen molar-refractivity contribution in [2.75, 3.05) is 64.4 Å². The van der Waals surface area contributed by atoms with Gasteiger partial charge in [-0.25, -0.2) is 4.79 Å². The van der Waals surface area contributed by atoms with Gasteiger partial charge in [0.25, 0.3) is 5.91 Å². The molecular weight excluding hydrogens is 434 g/mol. The van der Waals surface area contributed by atoms with E-state index in [9.17, 15) is 14.4 Å². The Labute approximate surface area is 200 Å². The summed E-state index contributed by atoms with van der Waals surface area (Å²) in [6.07, 6.45) is 4.78. The number of amides is 4. The molecule has 0 bridgehead atoms. The molecule has 4 saturated heterocycles. The van der Waals surface area contributed by atoms with Crippen molar-refractivity contribution >= 4 is 23.5 Å². The molecule has 0 atom stereocenters.